The van der Waals surface area contributed by atoms with E-state index < -0.39 is 0 Å². The number of ether oxygens (including phenoxy) is 2. The van der Waals surface area contributed by atoms with Gasteiger partial charge in [0.2, 0.25) is 0 Å². The SMILES string of the molecule is CC(C)O.COc1cc(N)c(C(=N)c2cnc(N3CC(C)(N)C3)c(C#N)c2)cc1OCc1c(Cl)cncc1Cl. The highest BCUT2D eigenvalue weighted by Gasteiger charge is 2.36. The van der Waals surface area contributed by atoms with Gasteiger partial charge in [-0.15, -0.1) is 0 Å². The van der Waals surface area contributed by atoms with Crippen LogP contribution in [-0.2, 0) is 6.61 Å². The molecule has 1 aliphatic rings. The number of aromatic nitrogens is 2. The van der Waals surface area contributed by atoms with E-state index in [1.165, 1.54) is 19.5 Å². The third-order valence-corrected chi connectivity index (χ3v) is 6.26. The van der Waals surface area contributed by atoms with Crippen LogP contribution in [-0.4, -0.2) is 52.6 Å². The van der Waals surface area contributed by atoms with E-state index in [2.05, 4.69) is 16.0 Å². The molecule has 1 aliphatic heterocycles. The van der Waals surface area contributed by atoms with Crippen molar-refractivity contribution >= 4 is 40.4 Å². The molecule has 39 heavy (non-hydrogen) atoms. The number of hydrogen-bond donors (Lipinski definition) is 4. The summed E-state index contributed by atoms with van der Waals surface area (Å²) in [6.07, 6.45) is 4.33. The van der Waals surface area contributed by atoms with E-state index in [4.69, 9.17) is 54.7 Å². The largest absolute Gasteiger partial charge is 0.493 e. The first-order valence-electron chi connectivity index (χ1n) is 12.0. The molecule has 0 atom stereocenters. The van der Waals surface area contributed by atoms with E-state index in [-0.39, 0.29) is 24.0 Å². The quantitative estimate of drug-likeness (QED) is 0.240. The van der Waals surface area contributed by atoms with Crippen molar-refractivity contribution in [1.29, 1.82) is 10.7 Å². The monoisotopic (exact) mass is 571 g/mol. The first-order chi connectivity index (χ1) is 18.4. The molecule has 1 aromatic carbocycles. The Kier molecular flexibility index (Phi) is 9.59. The first-order valence-corrected chi connectivity index (χ1v) is 12.7. The minimum absolute atomic E-state index is 0.0535. The fourth-order valence-electron chi connectivity index (χ4n) is 3.85. The number of nitrogens with one attached hydrogen (secondary N) is 1. The maximum absolute atomic E-state index is 9.68. The van der Waals surface area contributed by atoms with Crippen LogP contribution in [0.3, 0.4) is 0 Å². The predicted molar refractivity (Wildman–Crippen MR) is 153 cm³/mol. The molecule has 0 amide bonds. The molecule has 1 fully saturated rings. The van der Waals surface area contributed by atoms with Gasteiger partial charge in [-0.1, -0.05) is 23.2 Å². The van der Waals surface area contributed by atoms with Gasteiger partial charge >= 0.3 is 0 Å². The van der Waals surface area contributed by atoms with Gasteiger partial charge in [0, 0.05) is 71.8 Å². The Morgan fingerprint density at radius 1 is 1.21 bits per heavy atom. The molecule has 0 aliphatic carbocycles. The maximum atomic E-state index is 9.68. The lowest BCUT2D eigenvalue weighted by Crippen LogP contribution is -2.66. The predicted octanol–water partition coefficient (Wildman–Crippen LogP) is 4.17. The van der Waals surface area contributed by atoms with Gasteiger partial charge < -0.3 is 30.9 Å². The summed E-state index contributed by atoms with van der Waals surface area (Å²) in [6.45, 7) is 6.65. The van der Waals surface area contributed by atoms with Crippen molar-refractivity contribution in [2.45, 2.75) is 39.0 Å². The highest BCUT2D eigenvalue weighted by molar-refractivity contribution is 6.35. The van der Waals surface area contributed by atoms with Crippen molar-refractivity contribution in [2.75, 3.05) is 30.8 Å². The Hall–Kier alpha value is -3.62. The lowest BCUT2D eigenvalue weighted by atomic mass is 9.93. The second-order valence-electron chi connectivity index (χ2n) is 9.65. The summed E-state index contributed by atoms with van der Waals surface area (Å²) in [7, 11) is 1.49. The van der Waals surface area contributed by atoms with E-state index in [1.807, 2.05) is 11.8 Å². The van der Waals surface area contributed by atoms with Crippen molar-refractivity contribution in [1.82, 2.24) is 9.97 Å². The van der Waals surface area contributed by atoms with Crippen LogP contribution in [0, 0.1) is 16.7 Å². The summed E-state index contributed by atoms with van der Waals surface area (Å²) >= 11 is 12.4. The number of halogens is 2. The molecule has 12 heteroatoms. The molecule has 0 saturated carbocycles. The van der Waals surface area contributed by atoms with Gasteiger partial charge in [-0.25, -0.2) is 4.98 Å². The summed E-state index contributed by atoms with van der Waals surface area (Å²) in [5.74, 6) is 1.28. The van der Waals surface area contributed by atoms with Gasteiger partial charge in [0.15, 0.2) is 11.5 Å². The molecule has 3 aromatic rings. The van der Waals surface area contributed by atoms with Crippen LogP contribution in [0.25, 0.3) is 0 Å². The number of methoxy groups -OCH3 is 1. The number of nitrogen functional groups attached to an aromatic ring is 1. The topological polar surface area (TPSA) is 167 Å². The number of hydrogen-bond acceptors (Lipinski definition) is 10. The Labute approximate surface area is 237 Å². The van der Waals surface area contributed by atoms with Gasteiger partial charge in [0.05, 0.1) is 28.4 Å². The Morgan fingerprint density at radius 3 is 2.36 bits per heavy atom. The van der Waals surface area contributed by atoms with E-state index in [1.54, 1.807) is 38.2 Å². The number of aliphatic hydroxyl groups excluding tert-OH is 1. The Balaban J connectivity index is 0.000000983. The van der Waals surface area contributed by atoms with Gasteiger partial charge in [-0.05, 0) is 32.9 Å². The zero-order valence-corrected chi connectivity index (χ0v) is 23.6. The van der Waals surface area contributed by atoms with E-state index in [0.717, 1.165) is 0 Å². The lowest BCUT2D eigenvalue weighted by Gasteiger charge is -2.46. The van der Waals surface area contributed by atoms with E-state index >= 15 is 0 Å². The fourth-order valence-corrected chi connectivity index (χ4v) is 4.32. The normalized spacial score (nSPS) is 13.6. The Bertz CT molecular complexity index is 1380. The summed E-state index contributed by atoms with van der Waals surface area (Å²) in [5, 5.41) is 27.2. The number of nitrogens with zero attached hydrogens (tertiary/aromatic N) is 4. The smallest absolute Gasteiger partial charge is 0.162 e. The zero-order chi connectivity index (χ0) is 28.9. The molecular weight excluding hydrogens is 541 g/mol. The zero-order valence-electron chi connectivity index (χ0n) is 22.1. The highest BCUT2D eigenvalue weighted by atomic mass is 35.5. The molecule has 3 heterocycles. The van der Waals surface area contributed by atoms with Crippen LogP contribution in [0.2, 0.25) is 10.0 Å². The first kappa shape index (κ1) is 29.9. The van der Waals surface area contributed by atoms with E-state index in [9.17, 15) is 5.26 Å². The summed E-state index contributed by atoms with van der Waals surface area (Å²) < 4.78 is 11.3. The van der Waals surface area contributed by atoms with Gasteiger partial charge in [0.1, 0.15) is 18.5 Å². The van der Waals surface area contributed by atoms with Crippen LogP contribution in [0.1, 0.15) is 43.0 Å². The highest BCUT2D eigenvalue weighted by Crippen LogP contribution is 2.35. The molecule has 0 spiro atoms. The summed E-state index contributed by atoms with van der Waals surface area (Å²) in [6, 6.07) is 6.97. The van der Waals surface area contributed by atoms with Crippen LogP contribution < -0.4 is 25.8 Å². The number of nitriles is 1. The van der Waals surface area contributed by atoms with Crippen molar-refractivity contribution in [3.63, 3.8) is 0 Å². The molecule has 206 valence electrons. The van der Waals surface area contributed by atoms with Crippen molar-refractivity contribution < 1.29 is 14.6 Å². The van der Waals surface area contributed by atoms with Gasteiger partial charge in [-0.2, -0.15) is 5.26 Å². The molecule has 0 radical (unpaired) electrons. The number of nitrogens with two attached hydrogens (primary N) is 2. The van der Waals surface area contributed by atoms with Crippen molar-refractivity contribution in [2.24, 2.45) is 5.73 Å². The molecule has 0 unspecified atom stereocenters. The van der Waals surface area contributed by atoms with Crippen molar-refractivity contribution in [3.8, 4) is 17.6 Å². The number of aliphatic hydroxyl groups is 1. The van der Waals surface area contributed by atoms with Gasteiger partial charge in [0.25, 0.3) is 0 Å². The number of anilines is 2. The number of pyridine rings is 2. The minimum Gasteiger partial charge on any atom is -0.493 e. The molecule has 2 aromatic heterocycles. The number of rotatable bonds is 7. The van der Waals surface area contributed by atoms with Crippen LogP contribution in [0.4, 0.5) is 11.5 Å². The molecule has 10 nitrogen and oxygen atoms in total. The maximum Gasteiger partial charge on any atom is 0.162 e. The summed E-state index contributed by atoms with van der Waals surface area (Å²) in [5.41, 5.74) is 14.2. The second-order valence-corrected chi connectivity index (χ2v) is 10.5. The van der Waals surface area contributed by atoms with E-state index in [0.29, 0.717) is 68.4 Å². The standard InChI is InChI=1S/C24H23Cl2N7O2.C3H8O/c1-24(30)11-33(12-24)23-13(6-27)3-14(7-32-23)22(29)15-4-21(20(34-2)5-19(15)28)35-10-16-17(25)8-31-9-18(16)26;1-3(2)4/h3-5,7-9,29H,10-12,28,30H2,1-2H3;3-4H,1-2H3. The molecule has 6 N–H and O–H groups in total. The van der Waals surface area contributed by atoms with Crippen molar-refractivity contribution in [3.05, 3.63) is 69.1 Å². The minimum atomic E-state index is -0.307. The van der Waals surface area contributed by atoms with Gasteiger partial charge in [-0.3, -0.25) is 10.4 Å². The third kappa shape index (κ3) is 7.28. The lowest BCUT2D eigenvalue weighted by molar-refractivity contribution is 0.216. The second kappa shape index (κ2) is 12.5. The molecule has 1 saturated heterocycles. The average Bonchev–Trinajstić information content (AvgIpc) is 2.86. The van der Waals surface area contributed by atoms with Crippen LogP contribution >= 0.6 is 23.2 Å². The molecule has 4 rings (SSSR count). The molecule has 0 bridgehead atoms. The fraction of sp³-hybridized carbons (Fsp3) is 0.333. The Morgan fingerprint density at radius 2 is 1.82 bits per heavy atom. The third-order valence-electron chi connectivity index (χ3n) is 5.61. The molecular formula is C27H31Cl2N7O3. The number of benzene rings is 1. The average molecular weight is 572 g/mol. The van der Waals surface area contributed by atoms with Crippen LogP contribution in [0.15, 0.2) is 36.8 Å². The summed E-state index contributed by atoms with van der Waals surface area (Å²) in [4.78, 5) is 10.3. The van der Waals surface area contributed by atoms with Crippen LogP contribution in [0.5, 0.6) is 11.5 Å².